The Balaban J connectivity index is 2.20. The Morgan fingerprint density at radius 3 is 2.94 bits per heavy atom. The Morgan fingerprint density at radius 1 is 1.44 bits per heavy atom. The normalized spacial score (nSPS) is 10.8. The van der Waals surface area contributed by atoms with Crippen LogP contribution in [0.5, 0.6) is 0 Å². The number of nitrogens with one attached hydrogen (secondary N) is 1. The van der Waals surface area contributed by atoms with Gasteiger partial charge in [-0.25, -0.2) is 0 Å². The van der Waals surface area contributed by atoms with Crippen molar-refractivity contribution in [1.29, 1.82) is 0 Å². The Hall–Kier alpha value is -1.20. The van der Waals surface area contributed by atoms with E-state index < -0.39 is 0 Å². The van der Waals surface area contributed by atoms with Gasteiger partial charge in [0, 0.05) is 26.7 Å². The van der Waals surface area contributed by atoms with Gasteiger partial charge in [-0.2, -0.15) is 5.10 Å². The molecule has 0 radical (unpaired) electrons. The summed E-state index contributed by atoms with van der Waals surface area (Å²) in [6.07, 6.45) is 1.75. The minimum atomic E-state index is 0.765. The fourth-order valence-corrected chi connectivity index (χ4v) is 1.28. The van der Waals surface area contributed by atoms with Crippen LogP contribution in [0.2, 0.25) is 0 Å². The van der Waals surface area contributed by atoms with Gasteiger partial charge in [0.25, 0.3) is 0 Å². The van der Waals surface area contributed by atoms with Crippen LogP contribution in [0.15, 0.2) is 12.3 Å². The Kier molecular flexibility index (Phi) is 5.74. The van der Waals surface area contributed by atoms with Crippen LogP contribution in [0, 0.1) is 6.92 Å². The van der Waals surface area contributed by atoms with Crippen LogP contribution < -0.4 is 5.32 Å². The fourth-order valence-electron chi connectivity index (χ4n) is 1.28. The predicted molar refractivity (Wildman–Crippen MR) is 64.6 cm³/mol. The topological polar surface area (TPSA) is 50.3 Å². The summed E-state index contributed by atoms with van der Waals surface area (Å²) in [5, 5.41) is 11.1. The number of methoxy groups -OCH3 is 1. The summed E-state index contributed by atoms with van der Waals surface area (Å²) >= 11 is 0. The summed E-state index contributed by atoms with van der Waals surface area (Å²) in [5.74, 6) is 0.833. The largest absolute Gasteiger partial charge is 0.383 e. The van der Waals surface area contributed by atoms with Crippen LogP contribution in [0.25, 0.3) is 0 Å². The van der Waals surface area contributed by atoms with Crippen molar-refractivity contribution in [3.05, 3.63) is 17.8 Å². The van der Waals surface area contributed by atoms with Crippen molar-refractivity contribution in [1.82, 2.24) is 15.1 Å². The van der Waals surface area contributed by atoms with E-state index in [4.69, 9.17) is 4.74 Å². The SMILES string of the molecule is COCCN(C)CCNc1cc(C)cnn1. The molecule has 1 rings (SSSR count). The maximum Gasteiger partial charge on any atom is 0.148 e. The van der Waals surface area contributed by atoms with Crippen LogP contribution in [-0.2, 0) is 4.74 Å². The van der Waals surface area contributed by atoms with E-state index in [-0.39, 0.29) is 0 Å². The number of rotatable bonds is 7. The molecular weight excluding hydrogens is 204 g/mol. The molecule has 1 aromatic rings. The molecule has 0 bridgehead atoms. The van der Waals surface area contributed by atoms with Gasteiger partial charge in [0.15, 0.2) is 0 Å². The molecule has 0 atom stereocenters. The average molecular weight is 224 g/mol. The van der Waals surface area contributed by atoms with Gasteiger partial charge in [-0.05, 0) is 25.6 Å². The second-order valence-electron chi connectivity index (χ2n) is 3.84. The van der Waals surface area contributed by atoms with Gasteiger partial charge in [-0.15, -0.1) is 5.10 Å². The molecule has 1 heterocycles. The zero-order valence-corrected chi connectivity index (χ0v) is 10.2. The molecule has 0 aliphatic carbocycles. The lowest BCUT2D eigenvalue weighted by Crippen LogP contribution is -2.28. The van der Waals surface area contributed by atoms with Gasteiger partial charge in [-0.3, -0.25) is 0 Å². The minimum Gasteiger partial charge on any atom is -0.383 e. The van der Waals surface area contributed by atoms with E-state index in [1.54, 1.807) is 13.3 Å². The number of nitrogens with zero attached hydrogens (tertiary/aromatic N) is 3. The molecule has 90 valence electrons. The highest BCUT2D eigenvalue weighted by molar-refractivity contribution is 5.34. The lowest BCUT2D eigenvalue weighted by Gasteiger charge is -2.16. The quantitative estimate of drug-likeness (QED) is 0.741. The average Bonchev–Trinajstić information content (AvgIpc) is 2.26. The molecule has 5 nitrogen and oxygen atoms in total. The molecule has 5 heteroatoms. The van der Waals surface area contributed by atoms with E-state index in [1.165, 1.54) is 0 Å². The predicted octanol–water partition coefficient (Wildman–Crippen LogP) is 0.775. The first kappa shape index (κ1) is 12.9. The maximum absolute atomic E-state index is 5.01. The zero-order chi connectivity index (χ0) is 11.8. The first-order valence-corrected chi connectivity index (χ1v) is 5.43. The van der Waals surface area contributed by atoms with Crippen molar-refractivity contribution < 1.29 is 4.74 Å². The summed E-state index contributed by atoms with van der Waals surface area (Å²) in [5.41, 5.74) is 1.12. The van der Waals surface area contributed by atoms with E-state index in [0.717, 1.165) is 37.6 Å². The number of anilines is 1. The van der Waals surface area contributed by atoms with E-state index in [0.29, 0.717) is 0 Å². The summed E-state index contributed by atoms with van der Waals surface area (Å²) in [6, 6.07) is 1.99. The number of aryl methyl sites for hydroxylation is 1. The molecule has 1 N–H and O–H groups in total. The number of aromatic nitrogens is 2. The molecule has 0 saturated carbocycles. The van der Waals surface area contributed by atoms with Crippen molar-refractivity contribution >= 4 is 5.82 Å². The number of likely N-dealkylation sites (N-methyl/N-ethyl adjacent to an activating group) is 1. The number of ether oxygens (including phenoxy) is 1. The Morgan fingerprint density at radius 2 is 2.25 bits per heavy atom. The third-order valence-electron chi connectivity index (χ3n) is 2.27. The third-order valence-corrected chi connectivity index (χ3v) is 2.27. The lowest BCUT2D eigenvalue weighted by molar-refractivity contribution is 0.163. The third kappa shape index (κ3) is 5.04. The van der Waals surface area contributed by atoms with Gasteiger partial charge < -0.3 is 15.0 Å². The van der Waals surface area contributed by atoms with E-state index >= 15 is 0 Å². The molecule has 0 unspecified atom stereocenters. The number of hydrogen-bond donors (Lipinski definition) is 1. The molecule has 0 fully saturated rings. The summed E-state index contributed by atoms with van der Waals surface area (Å²) in [4.78, 5) is 2.21. The fraction of sp³-hybridized carbons (Fsp3) is 0.636. The smallest absolute Gasteiger partial charge is 0.148 e. The van der Waals surface area contributed by atoms with E-state index in [9.17, 15) is 0 Å². The highest BCUT2D eigenvalue weighted by atomic mass is 16.5. The van der Waals surface area contributed by atoms with Gasteiger partial charge in [0.1, 0.15) is 5.82 Å². The van der Waals surface area contributed by atoms with Crippen LogP contribution >= 0.6 is 0 Å². The standard InChI is InChI=1S/C11H20N4O/c1-10-8-11(14-13-9-10)12-4-5-15(2)6-7-16-3/h8-9H,4-7H2,1-3H3,(H,12,14). The highest BCUT2D eigenvalue weighted by Gasteiger charge is 1.98. The van der Waals surface area contributed by atoms with Crippen molar-refractivity contribution in [3.63, 3.8) is 0 Å². The first-order valence-electron chi connectivity index (χ1n) is 5.43. The first-order chi connectivity index (χ1) is 7.72. The summed E-state index contributed by atoms with van der Waals surface area (Å²) in [6.45, 7) is 5.53. The molecule has 0 aromatic carbocycles. The van der Waals surface area contributed by atoms with Gasteiger partial charge in [0.05, 0.1) is 12.8 Å². The molecule has 0 saturated heterocycles. The second-order valence-corrected chi connectivity index (χ2v) is 3.84. The molecular formula is C11H20N4O. The molecule has 0 spiro atoms. The zero-order valence-electron chi connectivity index (χ0n) is 10.2. The van der Waals surface area contributed by atoms with Crippen molar-refractivity contribution in [3.8, 4) is 0 Å². The van der Waals surface area contributed by atoms with Crippen LogP contribution in [0.1, 0.15) is 5.56 Å². The monoisotopic (exact) mass is 224 g/mol. The molecule has 0 aliphatic heterocycles. The number of hydrogen-bond acceptors (Lipinski definition) is 5. The molecule has 0 amide bonds. The Bertz CT molecular complexity index is 306. The van der Waals surface area contributed by atoms with Gasteiger partial charge in [-0.1, -0.05) is 0 Å². The van der Waals surface area contributed by atoms with Gasteiger partial charge in [0.2, 0.25) is 0 Å². The minimum absolute atomic E-state index is 0.765. The molecule has 1 aromatic heterocycles. The van der Waals surface area contributed by atoms with Crippen molar-refractivity contribution in [2.75, 3.05) is 45.7 Å². The molecule has 16 heavy (non-hydrogen) atoms. The van der Waals surface area contributed by atoms with E-state index in [2.05, 4.69) is 27.5 Å². The van der Waals surface area contributed by atoms with Crippen molar-refractivity contribution in [2.24, 2.45) is 0 Å². The van der Waals surface area contributed by atoms with Crippen LogP contribution in [0.4, 0.5) is 5.82 Å². The highest BCUT2D eigenvalue weighted by Crippen LogP contribution is 2.02. The summed E-state index contributed by atoms with van der Waals surface area (Å²) in [7, 11) is 3.79. The van der Waals surface area contributed by atoms with Crippen molar-refractivity contribution in [2.45, 2.75) is 6.92 Å². The van der Waals surface area contributed by atoms with E-state index in [1.807, 2.05) is 13.0 Å². The summed E-state index contributed by atoms with van der Waals surface area (Å²) < 4.78 is 5.01. The van der Waals surface area contributed by atoms with Crippen LogP contribution in [-0.4, -0.2) is 55.5 Å². The maximum atomic E-state index is 5.01. The Labute approximate surface area is 96.8 Å². The van der Waals surface area contributed by atoms with Gasteiger partial charge >= 0.3 is 0 Å². The molecule has 0 aliphatic rings. The second kappa shape index (κ2) is 7.14. The van der Waals surface area contributed by atoms with Crippen LogP contribution in [0.3, 0.4) is 0 Å². The lowest BCUT2D eigenvalue weighted by atomic mass is 10.3.